The summed E-state index contributed by atoms with van der Waals surface area (Å²) in [7, 11) is 0. The maximum Gasteiger partial charge on any atom is 0.123 e. The van der Waals surface area contributed by atoms with E-state index in [2.05, 4.69) is 123 Å². The van der Waals surface area contributed by atoms with E-state index < -0.39 is 0 Å². The summed E-state index contributed by atoms with van der Waals surface area (Å²) in [5.41, 5.74) is 9.77. The Kier molecular flexibility index (Phi) is 6.05. The summed E-state index contributed by atoms with van der Waals surface area (Å²) >= 11 is 0. The molecule has 0 spiro atoms. The Labute approximate surface area is 215 Å². The fraction of sp³-hybridized carbons (Fsp3) is 0.294. The molecule has 0 bridgehead atoms. The molecule has 6 rings (SSSR count). The molecule has 182 valence electrons. The highest BCUT2D eigenvalue weighted by Gasteiger charge is 2.33. The van der Waals surface area contributed by atoms with Gasteiger partial charge in [-0.1, -0.05) is 106 Å². The lowest BCUT2D eigenvalue weighted by atomic mass is 9.79. The lowest BCUT2D eigenvalue weighted by Crippen LogP contribution is -2.31. The number of hydrogen-bond acceptors (Lipinski definition) is 2. The SMILES string of the molecule is CC(C)C1c2ccccc2CN(CC(C)C2c3ccccc3COc3ccccc32)c2ccccc21. The fourth-order valence-corrected chi connectivity index (χ4v) is 6.59. The Morgan fingerprint density at radius 3 is 2.00 bits per heavy atom. The molecule has 2 heterocycles. The van der Waals surface area contributed by atoms with Crippen LogP contribution in [0.5, 0.6) is 5.75 Å². The number of fused-ring (bicyclic) bond motifs is 4. The van der Waals surface area contributed by atoms with E-state index in [4.69, 9.17) is 4.74 Å². The lowest BCUT2D eigenvalue weighted by molar-refractivity contribution is 0.306. The standard InChI is InChI=1S/C34H35NO/c1-23(2)33-27-14-6-4-12-25(27)21-35(31-18-10-8-16-29(31)33)20-24(3)34-28-15-7-5-13-26(28)22-36-32-19-11-9-17-30(32)34/h4-19,23-24,33-34H,20-22H2,1-3H3. The topological polar surface area (TPSA) is 12.5 Å². The van der Waals surface area contributed by atoms with Crippen LogP contribution in [0, 0.1) is 11.8 Å². The average molecular weight is 474 g/mol. The molecule has 2 nitrogen and oxygen atoms in total. The number of benzene rings is 4. The van der Waals surface area contributed by atoms with Crippen molar-refractivity contribution < 1.29 is 4.74 Å². The minimum absolute atomic E-state index is 0.284. The number of rotatable bonds is 4. The van der Waals surface area contributed by atoms with Crippen LogP contribution in [0.25, 0.3) is 0 Å². The van der Waals surface area contributed by atoms with Gasteiger partial charge in [-0.25, -0.2) is 0 Å². The molecule has 0 aromatic heterocycles. The zero-order valence-corrected chi connectivity index (χ0v) is 21.5. The Balaban J connectivity index is 1.44. The van der Waals surface area contributed by atoms with Crippen molar-refractivity contribution in [2.75, 3.05) is 11.4 Å². The highest BCUT2D eigenvalue weighted by Crippen LogP contribution is 2.45. The molecule has 2 aliphatic rings. The van der Waals surface area contributed by atoms with Crippen molar-refractivity contribution in [1.29, 1.82) is 0 Å². The molecule has 4 aromatic carbocycles. The van der Waals surface area contributed by atoms with Gasteiger partial charge in [-0.15, -0.1) is 0 Å². The second kappa shape index (κ2) is 9.50. The third-order valence-electron chi connectivity index (χ3n) is 8.14. The van der Waals surface area contributed by atoms with Crippen LogP contribution >= 0.6 is 0 Å². The van der Waals surface area contributed by atoms with Gasteiger partial charge >= 0.3 is 0 Å². The quantitative estimate of drug-likeness (QED) is 0.296. The van der Waals surface area contributed by atoms with E-state index in [-0.39, 0.29) is 5.92 Å². The maximum atomic E-state index is 6.29. The van der Waals surface area contributed by atoms with Gasteiger partial charge in [-0.2, -0.15) is 0 Å². The molecule has 2 heteroatoms. The Morgan fingerprint density at radius 2 is 1.25 bits per heavy atom. The maximum absolute atomic E-state index is 6.29. The van der Waals surface area contributed by atoms with Crippen LogP contribution in [0.2, 0.25) is 0 Å². The lowest BCUT2D eigenvalue weighted by Gasteiger charge is -2.33. The predicted molar refractivity (Wildman–Crippen MR) is 149 cm³/mol. The number of hydrogen-bond donors (Lipinski definition) is 0. The van der Waals surface area contributed by atoms with E-state index >= 15 is 0 Å². The summed E-state index contributed by atoms with van der Waals surface area (Å²) < 4.78 is 6.29. The minimum atomic E-state index is 0.284. The first-order chi connectivity index (χ1) is 17.6. The van der Waals surface area contributed by atoms with E-state index in [1.807, 2.05) is 0 Å². The van der Waals surface area contributed by atoms with Crippen LogP contribution in [0.1, 0.15) is 66.0 Å². The monoisotopic (exact) mass is 473 g/mol. The van der Waals surface area contributed by atoms with Crippen LogP contribution < -0.4 is 9.64 Å². The highest BCUT2D eigenvalue weighted by molar-refractivity contribution is 5.61. The predicted octanol–water partition coefficient (Wildman–Crippen LogP) is 8.16. The third kappa shape index (κ3) is 3.99. The first-order valence-electron chi connectivity index (χ1n) is 13.3. The van der Waals surface area contributed by atoms with Crippen molar-refractivity contribution in [3.8, 4) is 5.75 Å². The van der Waals surface area contributed by atoms with Crippen LogP contribution in [0.3, 0.4) is 0 Å². The van der Waals surface area contributed by atoms with E-state index in [1.54, 1.807) is 0 Å². The van der Waals surface area contributed by atoms with Crippen molar-refractivity contribution in [2.24, 2.45) is 11.8 Å². The molecule has 3 unspecified atom stereocenters. The van der Waals surface area contributed by atoms with Crippen molar-refractivity contribution in [3.63, 3.8) is 0 Å². The molecule has 0 amide bonds. The van der Waals surface area contributed by atoms with Gasteiger partial charge in [0.1, 0.15) is 12.4 Å². The Bertz CT molecular complexity index is 1330. The minimum Gasteiger partial charge on any atom is -0.489 e. The van der Waals surface area contributed by atoms with Gasteiger partial charge in [0.25, 0.3) is 0 Å². The zero-order valence-electron chi connectivity index (χ0n) is 21.5. The molecule has 2 aliphatic heterocycles. The first kappa shape index (κ1) is 22.9. The Morgan fingerprint density at radius 1 is 0.667 bits per heavy atom. The second-order valence-electron chi connectivity index (χ2n) is 10.8. The highest BCUT2D eigenvalue weighted by atomic mass is 16.5. The summed E-state index contributed by atoms with van der Waals surface area (Å²) in [6.45, 7) is 9.68. The van der Waals surface area contributed by atoms with Crippen molar-refractivity contribution in [2.45, 2.75) is 45.8 Å². The molecule has 3 atom stereocenters. The number of anilines is 1. The number of para-hydroxylation sites is 2. The summed E-state index contributed by atoms with van der Waals surface area (Å²) in [6, 6.07) is 35.7. The number of nitrogens with zero attached hydrogens (tertiary/aromatic N) is 1. The van der Waals surface area contributed by atoms with Crippen LogP contribution in [-0.2, 0) is 13.2 Å². The molecule has 0 aliphatic carbocycles. The van der Waals surface area contributed by atoms with Gasteiger partial charge in [-0.3, -0.25) is 0 Å². The number of ether oxygens (including phenoxy) is 1. The van der Waals surface area contributed by atoms with Crippen LogP contribution in [-0.4, -0.2) is 6.54 Å². The summed E-state index contributed by atoms with van der Waals surface area (Å²) in [4.78, 5) is 2.64. The molecule has 4 aromatic rings. The largest absolute Gasteiger partial charge is 0.489 e. The average Bonchev–Trinajstić information content (AvgIpc) is 3.15. The first-order valence-corrected chi connectivity index (χ1v) is 13.3. The summed E-state index contributed by atoms with van der Waals surface area (Å²) in [6.07, 6.45) is 0. The molecule has 0 radical (unpaired) electrons. The van der Waals surface area contributed by atoms with E-state index in [0.717, 1.165) is 18.8 Å². The van der Waals surface area contributed by atoms with Gasteiger partial charge in [0.05, 0.1) is 0 Å². The van der Waals surface area contributed by atoms with E-state index in [9.17, 15) is 0 Å². The van der Waals surface area contributed by atoms with Gasteiger partial charge in [0.2, 0.25) is 0 Å². The molecular formula is C34H35NO. The summed E-state index contributed by atoms with van der Waals surface area (Å²) in [5.74, 6) is 2.64. The zero-order chi connectivity index (χ0) is 24.6. The van der Waals surface area contributed by atoms with Gasteiger partial charge < -0.3 is 9.64 Å². The van der Waals surface area contributed by atoms with Gasteiger partial charge in [0.15, 0.2) is 0 Å². The molecule has 0 N–H and O–H groups in total. The molecule has 0 fully saturated rings. The van der Waals surface area contributed by atoms with E-state index in [0.29, 0.717) is 24.4 Å². The van der Waals surface area contributed by atoms with Crippen molar-refractivity contribution in [3.05, 3.63) is 130 Å². The molecule has 36 heavy (non-hydrogen) atoms. The van der Waals surface area contributed by atoms with Crippen LogP contribution in [0.15, 0.2) is 97.1 Å². The Hall–Kier alpha value is -3.52. The van der Waals surface area contributed by atoms with E-state index in [1.165, 1.54) is 39.1 Å². The third-order valence-corrected chi connectivity index (χ3v) is 8.14. The summed E-state index contributed by atoms with van der Waals surface area (Å²) in [5, 5.41) is 0. The molecular weight excluding hydrogens is 438 g/mol. The molecule has 0 saturated heterocycles. The smallest absolute Gasteiger partial charge is 0.123 e. The van der Waals surface area contributed by atoms with Gasteiger partial charge in [-0.05, 0) is 51.8 Å². The fourth-order valence-electron chi connectivity index (χ4n) is 6.59. The van der Waals surface area contributed by atoms with Gasteiger partial charge in [0, 0.05) is 36.2 Å². The van der Waals surface area contributed by atoms with Crippen LogP contribution in [0.4, 0.5) is 5.69 Å². The van der Waals surface area contributed by atoms with Crippen molar-refractivity contribution >= 4 is 5.69 Å². The second-order valence-corrected chi connectivity index (χ2v) is 10.8. The normalized spacial score (nSPS) is 19.2. The molecule has 0 saturated carbocycles. The van der Waals surface area contributed by atoms with Crippen molar-refractivity contribution in [1.82, 2.24) is 0 Å².